The molecule has 3 N–H and O–H groups in total. The van der Waals surface area contributed by atoms with E-state index in [0.717, 1.165) is 25.7 Å². The quantitative estimate of drug-likeness (QED) is 0.191. The first-order chi connectivity index (χ1) is 17.4. The molecule has 36 heavy (non-hydrogen) atoms. The minimum Gasteiger partial charge on any atom is -0.474 e. The van der Waals surface area contributed by atoms with Crippen molar-refractivity contribution < 1.29 is 32.9 Å². The summed E-state index contributed by atoms with van der Waals surface area (Å²) in [7, 11) is 0.169. The van der Waals surface area contributed by atoms with Crippen molar-refractivity contribution in [2.75, 3.05) is 45.1 Å². The zero-order valence-corrected chi connectivity index (χ0v) is 21.4. The lowest BCUT2D eigenvalue weighted by Gasteiger charge is -2.32. The second-order valence-electron chi connectivity index (χ2n) is 8.23. The number of carbonyl (C=O) groups is 1. The average molecular weight is 523 g/mol. The first-order valence-electron chi connectivity index (χ1n) is 11.8. The van der Waals surface area contributed by atoms with Crippen LogP contribution in [0.5, 0.6) is 5.88 Å². The molecule has 12 heteroatoms. The van der Waals surface area contributed by atoms with E-state index in [2.05, 4.69) is 20.4 Å². The van der Waals surface area contributed by atoms with E-state index in [9.17, 15) is 13.9 Å². The van der Waals surface area contributed by atoms with Crippen LogP contribution in [0.4, 0.5) is 5.82 Å². The van der Waals surface area contributed by atoms with Gasteiger partial charge in [-0.15, -0.1) is 0 Å². The summed E-state index contributed by atoms with van der Waals surface area (Å²) >= 11 is 0. The zero-order chi connectivity index (χ0) is 25.8. The topological polar surface area (TPSA) is 145 Å². The Hall–Kier alpha value is -2.77. The van der Waals surface area contributed by atoms with Crippen LogP contribution in [-0.2, 0) is 19.1 Å². The van der Waals surface area contributed by atoms with Gasteiger partial charge in [-0.25, -0.2) is 9.97 Å². The van der Waals surface area contributed by atoms with Crippen LogP contribution in [0.25, 0.3) is 0 Å². The van der Waals surface area contributed by atoms with Crippen molar-refractivity contribution in [3.8, 4) is 5.88 Å². The first kappa shape index (κ1) is 27.8. The summed E-state index contributed by atoms with van der Waals surface area (Å²) < 4.78 is 36.3. The minimum atomic E-state index is -2.97. The molecule has 1 aliphatic rings. The Balaban J connectivity index is 1.74. The molecule has 1 amide bonds. The van der Waals surface area contributed by atoms with Crippen LogP contribution in [0, 0.1) is 0 Å². The van der Waals surface area contributed by atoms with Gasteiger partial charge in [0, 0.05) is 32.1 Å². The molecule has 0 aliphatic heterocycles. The number of hydrogen-bond acceptors (Lipinski definition) is 10. The fourth-order valence-corrected chi connectivity index (χ4v) is 4.89. The third kappa shape index (κ3) is 8.42. The molecule has 0 unspecified atom stereocenters. The lowest BCUT2D eigenvalue weighted by Crippen LogP contribution is -2.25. The molecule has 1 heterocycles. The normalized spacial score (nSPS) is 15.1. The number of oxime groups is 1. The molecule has 0 radical (unpaired) electrons. The molecule has 2 aromatic rings. The third-order valence-corrected chi connectivity index (χ3v) is 7.39. The van der Waals surface area contributed by atoms with Crippen molar-refractivity contribution in [1.82, 2.24) is 9.97 Å². The van der Waals surface area contributed by atoms with Crippen LogP contribution < -0.4 is 10.1 Å². The van der Waals surface area contributed by atoms with Crippen LogP contribution >= 0.6 is 10.6 Å². The summed E-state index contributed by atoms with van der Waals surface area (Å²) in [6, 6.07) is 6.41. The standard InChI is InChI=1S/C24H34N4O7S/c1-32-12-5-15-36(30,31)20-10-8-18(9-11-20)23(28-35-19-6-3-4-7-19)24(29)27-21-16-26-22(17-25-21)34-14-13-33-2/h8-11,16-17,19,30-31H,3-7,12-15H2,1-2H3,(H,25,27,29). The Bertz CT molecular complexity index is 981. The van der Waals surface area contributed by atoms with Crippen LogP contribution in [0.3, 0.4) is 0 Å². The highest BCUT2D eigenvalue weighted by Crippen LogP contribution is 2.48. The van der Waals surface area contributed by atoms with E-state index in [1.165, 1.54) is 12.4 Å². The maximum absolute atomic E-state index is 13.1. The highest BCUT2D eigenvalue weighted by molar-refractivity contribution is 8.24. The number of nitrogens with one attached hydrogen (secondary N) is 1. The Labute approximate surface area is 212 Å². The SMILES string of the molecule is COCCCS(O)(O)c1ccc(C(=NOC2CCCC2)C(=O)Nc2cnc(OCCOC)cn2)cc1. The first-order valence-corrected chi connectivity index (χ1v) is 13.5. The molecule has 198 valence electrons. The molecule has 0 bridgehead atoms. The van der Waals surface area contributed by atoms with Gasteiger partial charge in [-0.3, -0.25) is 13.9 Å². The number of methoxy groups -OCH3 is 2. The van der Waals surface area contributed by atoms with Gasteiger partial charge < -0.3 is 24.4 Å². The van der Waals surface area contributed by atoms with Crippen LogP contribution in [0.2, 0.25) is 0 Å². The molecule has 1 aromatic carbocycles. The van der Waals surface area contributed by atoms with Crippen molar-refractivity contribution in [2.24, 2.45) is 5.16 Å². The van der Waals surface area contributed by atoms with Crippen LogP contribution in [0.1, 0.15) is 37.7 Å². The largest absolute Gasteiger partial charge is 0.474 e. The van der Waals surface area contributed by atoms with Crippen molar-refractivity contribution in [1.29, 1.82) is 0 Å². The molecule has 1 saturated carbocycles. The number of nitrogens with zero attached hydrogens (tertiary/aromatic N) is 3. The smallest absolute Gasteiger partial charge is 0.279 e. The van der Waals surface area contributed by atoms with E-state index in [-0.39, 0.29) is 23.4 Å². The number of carbonyl (C=O) groups excluding carboxylic acids is 1. The van der Waals surface area contributed by atoms with E-state index in [0.29, 0.717) is 42.6 Å². The molecule has 0 saturated heterocycles. The van der Waals surface area contributed by atoms with Crippen molar-refractivity contribution in [3.63, 3.8) is 0 Å². The van der Waals surface area contributed by atoms with Gasteiger partial charge in [-0.05, 0) is 44.2 Å². The molecule has 1 fully saturated rings. The van der Waals surface area contributed by atoms with Gasteiger partial charge in [0.15, 0.2) is 11.5 Å². The van der Waals surface area contributed by atoms with Gasteiger partial charge in [0.2, 0.25) is 5.88 Å². The van der Waals surface area contributed by atoms with Gasteiger partial charge in [-0.1, -0.05) is 17.3 Å². The number of hydrogen-bond donors (Lipinski definition) is 3. The Morgan fingerprint density at radius 3 is 2.42 bits per heavy atom. The molecule has 11 nitrogen and oxygen atoms in total. The molecular weight excluding hydrogens is 488 g/mol. The van der Waals surface area contributed by atoms with Crippen LogP contribution in [0.15, 0.2) is 46.7 Å². The number of ether oxygens (including phenoxy) is 3. The number of rotatable bonds is 14. The summed E-state index contributed by atoms with van der Waals surface area (Å²) in [5, 5.41) is 6.85. The third-order valence-electron chi connectivity index (χ3n) is 5.50. The second-order valence-corrected chi connectivity index (χ2v) is 10.4. The number of amides is 1. The number of benzene rings is 1. The Kier molecular flexibility index (Phi) is 10.9. The molecule has 1 aromatic heterocycles. The predicted octanol–water partition coefficient (Wildman–Crippen LogP) is 3.95. The fraction of sp³-hybridized carbons (Fsp3) is 0.500. The average Bonchev–Trinajstić information content (AvgIpc) is 3.39. The molecular formula is C24H34N4O7S. The molecule has 1 aliphatic carbocycles. The predicted molar refractivity (Wildman–Crippen MR) is 137 cm³/mol. The number of aromatic nitrogens is 2. The maximum atomic E-state index is 13.1. The zero-order valence-electron chi connectivity index (χ0n) is 20.6. The van der Waals surface area contributed by atoms with Crippen molar-refractivity contribution in [2.45, 2.75) is 43.1 Å². The molecule has 0 spiro atoms. The van der Waals surface area contributed by atoms with E-state index in [1.54, 1.807) is 38.5 Å². The van der Waals surface area contributed by atoms with Gasteiger partial charge in [0.1, 0.15) is 12.7 Å². The Morgan fingerprint density at radius 2 is 1.78 bits per heavy atom. The van der Waals surface area contributed by atoms with E-state index < -0.39 is 16.5 Å². The maximum Gasteiger partial charge on any atom is 0.279 e. The Morgan fingerprint density at radius 1 is 1.06 bits per heavy atom. The van der Waals surface area contributed by atoms with E-state index in [4.69, 9.17) is 19.0 Å². The lowest BCUT2D eigenvalue weighted by molar-refractivity contribution is -0.110. The highest BCUT2D eigenvalue weighted by atomic mass is 32.3. The highest BCUT2D eigenvalue weighted by Gasteiger charge is 2.22. The molecule has 0 atom stereocenters. The fourth-order valence-electron chi connectivity index (χ4n) is 3.56. The van der Waals surface area contributed by atoms with Gasteiger partial charge >= 0.3 is 0 Å². The second kappa shape index (κ2) is 14.1. The van der Waals surface area contributed by atoms with Gasteiger partial charge in [-0.2, -0.15) is 10.6 Å². The summed E-state index contributed by atoms with van der Waals surface area (Å²) in [5.41, 5.74) is 0.514. The monoisotopic (exact) mass is 522 g/mol. The summed E-state index contributed by atoms with van der Waals surface area (Å²) in [5.74, 6) is 0.186. The minimum absolute atomic E-state index is 0.0387. The van der Waals surface area contributed by atoms with Crippen molar-refractivity contribution in [3.05, 3.63) is 42.2 Å². The van der Waals surface area contributed by atoms with E-state index in [1.807, 2.05) is 0 Å². The number of anilines is 1. The van der Waals surface area contributed by atoms with Gasteiger partial charge in [0.25, 0.3) is 5.91 Å². The lowest BCUT2D eigenvalue weighted by atomic mass is 10.1. The van der Waals surface area contributed by atoms with Crippen LogP contribution in [-0.4, -0.2) is 76.6 Å². The summed E-state index contributed by atoms with van der Waals surface area (Å²) in [6.07, 6.45) is 7.15. The summed E-state index contributed by atoms with van der Waals surface area (Å²) in [4.78, 5) is 27.5. The molecule has 3 rings (SSSR count). The van der Waals surface area contributed by atoms with E-state index >= 15 is 0 Å². The van der Waals surface area contributed by atoms with Gasteiger partial charge in [0.05, 0.1) is 23.9 Å². The summed E-state index contributed by atoms with van der Waals surface area (Å²) in [6.45, 7) is 1.19. The van der Waals surface area contributed by atoms with Crippen molar-refractivity contribution >= 4 is 28.0 Å².